The Kier molecular flexibility index (Phi) is 5.31. The molecule has 124 valence electrons. The molecule has 3 N–H and O–H groups in total. The lowest BCUT2D eigenvalue weighted by Crippen LogP contribution is -2.33. The first-order chi connectivity index (χ1) is 11.4. The molecule has 2 amide bonds. The first-order valence-corrected chi connectivity index (χ1v) is 7.39. The van der Waals surface area contributed by atoms with Crippen molar-refractivity contribution in [2.24, 2.45) is 5.10 Å². The summed E-state index contributed by atoms with van der Waals surface area (Å²) in [5.41, 5.74) is 5.91. The van der Waals surface area contributed by atoms with Crippen molar-refractivity contribution in [3.63, 3.8) is 0 Å². The number of nitrogens with zero attached hydrogens (tertiary/aromatic N) is 1. The molecule has 2 rings (SSSR count). The maximum atomic E-state index is 11.9. The third-order valence-corrected chi connectivity index (χ3v) is 3.46. The number of amides is 2. The molecule has 2 aromatic rings. The molecule has 0 unspecified atom stereocenters. The van der Waals surface area contributed by atoms with E-state index in [0.717, 1.165) is 16.7 Å². The van der Waals surface area contributed by atoms with E-state index >= 15 is 0 Å². The Morgan fingerprint density at radius 2 is 1.67 bits per heavy atom. The summed E-state index contributed by atoms with van der Waals surface area (Å²) in [6, 6.07) is 12.0. The fraction of sp³-hybridized carbons (Fsp3) is 0.167. The highest BCUT2D eigenvalue weighted by Crippen LogP contribution is 2.16. The molecule has 0 spiro atoms. The van der Waals surface area contributed by atoms with Crippen molar-refractivity contribution in [3.8, 4) is 5.75 Å². The van der Waals surface area contributed by atoms with Crippen LogP contribution < -0.4 is 10.7 Å². The SMILES string of the molecule is C/C(=N\NC(=O)C(=O)Nc1cc(C)ccc1C)c1ccc(O)cc1. The third kappa shape index (κ3) is 4.42. The Balaban J connectivity index is 2.01. The van der Waals surface area contributed by atoms with Crippen molar-refractivity contribution in [3.05, 3.63) is 59.2 Å². The van der Waals surface area contributed by atoms with Crippen LogP contribution in [-0.4, -0.2) is 22.6 Å². The Hall–Kier alpha value is -3.15. The molecule has 0 heterocycles. The molecule has 6 nitrogen and oxygen atoms in total. The van der Waals surface area contributed by atoms with Gasteiger partial charge in [-0.25, -0.2) is 5.43 Å². The smallest absolute Gasteiger partial charge is 0.329 e. The second-order valence-electron chi connectivity index (χ2n) is 5.46. The number of anilines is 1. The monoisotopic (exact) mass is 325 g/mol. The van der Waals surface area contributed by atoms with E-state index in [9.17, 15) is 14.7 Å². The zero-order valence-corrected chi connectivity index (χ0v) is 13.8. The Morgan fingerprint density at radius 1 is 1.00 bits per heavy atom. The van der Waals surface area contributed by atoms with Crippen molar-refractivity contribution in [1.29, 1.82) is 0 Å². The number of aromatic hydroxyl groups is 1. The van der Waals surface area contributed by atoms with Gasteiger partial charge >= 0.3 is 11.8 Å². The van der Waals surface area contributed by atoms with E-state index < -0.39 is 11.8 Å². The zero-order valence-electron chi connectivity index (χ0n) is 13.8. The molecule has 0 bridgehead atoms. The van der Waals surface area contributed by atoms with Crippen molar-refractivity contribution < 1.29 is 14.7 Å². The lowest BCUT2D eigenvalue weighted by Gasteiger charge is -2.08. The largest absolute Gasteiger partial charge is 0.508 e. The zero-order chi connectivity index (χ0) is 17.7. The predicted octanol–water partition coefficient (Wildman–Crippen LogP) is 2.49. The molecule has 0 fully saturated rings. The van der Waals surface area contributed by atoms with Crippen molar-refractivity contribution >= 4 is 23.2 Å². The fourth-order valence-electron chi connectivity index (χ4n) is 2.00. The second kappa shape index (κ2) is 7.41. The number of phenols is 1. The summed E-state index contributed by atoms with van der Waals surface area (Å²) in [6.45, 7) is 5.44. The maximum absolute atomic E-state index is 11.9. The van der Waals surface area contributed by atoms with Crippen LogP contribution in [0.5, 0.6) is 5.75 Å². The normalized spacial score (nSPS) is 11.0. The third-order valence-electron chi connectivity index (χ3n) is 3.46. The van der Waals surface area contributed by atoms with E-state index in [4.69, 9.17) is 0 Å². The number of carbonyl (C=O) groups is 2. The topological polar surface area (TPSA) is 90.8 Å². The number of phenolic OH excluding ortho intramolecular Hbond substituents is 1. The van der Waals surface area contributed by atoms with Crippen LogP contribution in [0.2, 0.25) is 0 Å². The van der Waals surface area contributed by atoms with Gasteiger partial charge in [-0.3, -0.25) is 9.59 Å². The van der Waals surface area contributed by atoms with Gasteiger partial charge in [-0.1, -0.05) is 12.1 Å². The lowest BCUT2D eigenvalue weighted by atomic mass is 10.1. The van der Waals surface area contributed by atoms with E-state index in [1.165, 1.54) is 12.1 Å². The molecule has 0 atom stereocenters. The fourth-order valence-corrected chi connectivity index (χ4v) is 2.00. The Labute approximate surface area is 140 Å². The molecule has 2 aromatic carbocycles. The summed E-state index contributed by atoms with van der Waals surface area (Å²) in [4.78, 5) is 23.8. The van der Waals surface area contributed by atoms with E-state index in [-0.39, 0.29) is 5.75 Å². The number of hydrogen-bond donors (Lipinski definition) is 3. The highest BCUT2D eigenvalue weighted by molar-refractivity contribution is 6.39. The van der Waals surface area contributed by atoms with E-state index in [2.05, 4.69) is 15.8 Å². The van der Waals surface area contributed by atoms with E-state index in [1.54, 1.807) is 25.1 Å². The maximum Gasteiger partial charge on any atom is 0.329 e. The van der Waals surface area contributed by atoms with Crippen LogP contribution in [0.1, 0.15) is 23.6 Å². The molecular formula is C18H19N3O3. The number of carbonyl (C=O) groups excluding carboxylic acids is 2. The Bertz CT molecular complexity index is 796. The van der Waals surface area contributed by atoms with Gasteiger partial charge in [0, 0.05) is 5.69 Å². The van der Waals surface area contributed by atoms with Crippen LogP contribution in [0.3, 0.4) is 0 Å². The standard InChI is InChI=1S/C18H19N3O3/c1-11-4-5-12(2)16(10-11)19-17(23)18(24)21-20-13(3)14-6-8-15(22)9-7-14/h4-10,22H,1-3H3,(H,19,23)(H,21,24)/b20-13+. The first kappa shape index (κ1) is 17.2. The molecule has 0 aliphatic heterocycles. The van der Waals surface area contributed by atoms with Gasteiger partial charge in [0.2, 0.25) is 0 Å². The lowest BCUT2D eigenvalue weighted by molar-refractivity contribution is -0.136. The first-order valence-electron chi connectivity index (χ1n) is 7.39. The van der Waals surface area contributed by atoms with Crippen molar-refractivity contribution in [2.75, 3.05) is 5.32 Å². The van der Waals surface area contributed by atoms with Gasteiger partial charge in [-0.05, 0) is 67.8 Å². The van der Waals surface area contributed by atoms with Gasteiger partial charge in [0.1, 0.15) is 5.75 Å². The molecule has 0 radical (unpaired) electrons. The van der Waals surface area contributed by atoms with E-state index in [1.807, 2.05) is 26.0 Å². The summed E-state index contributed by atoms with van der Waals surface area (Å²) < 4.78 is 0. The average molecular weight is 325 g/mol. The molecule has 24 heavy (non-hydrogen) atoms. The van der Waals surface area contributed by atoms with Crippen LogP contribution in [0, 0.1) is 13.8 Å². The summed E-state index contributed by atoms with van der Waals surface area (Å²) in [5.74, 6) is -1.50. The van der Waals surface area contributed by atoms with Crippen molar-refractivity contribution in [1.82, 2.24) is 5.43 Å². The number of hydrogen-bond acceptors (Lipinski definition) is 4. The molecule has 6 heteroatoms. The van der Waals surface area contributed by atoms with Crippen LogP contribution in [0.25, 0.3) is 0 Å². The number of aryl methyl sites for hydroxylation is 2. The summed E-state index contributed by atoms with van der Waals surface area (Å²) in [7, 11) is 0. The average Bonchev–Trinajstić information content (AvgIpc) is 2.56. The number of rotatable bonds is 3. The van der Waals surface area contributed by atoms with E-state index in [0.29, 0.717) is 11.4 Å². The predicted molar refractivity (Wildman–Crippen MR) is 93.0 cm³/mol. The highest BCUT2D eigenvalue weighted by Gasteiger charge is 2.14. The number of hydrazone groups is 1. The molecule has 0 aliphatic carbocycles. The second-order valence-corrected chi connectivity index (χ2v) is 5.46. The minimum atomic E-state index is -0.853. The minimum absolute atomic E-state index is 0.142. The van der Waals surface area contributed by atoms with Gasteiger partial charge in [0.25, 0.3) is 0 Å². The molecule has 0 saturated heterocycles. The van der Waals surface area contributed by atoms with Gasteiger partial charge < -0.3 is 10.4 Å². The highest BCUT2D eigenvalue weighted by atomic mass is 16.3. The summed E-state index contributed by atoms with van der Waals surface area (Å²) >= 11 is 0. The number of nitrogens with one attached hydrogen (secondary N) is 2. The molecule has 0 aromatic heterocycles. The van der Waals surface area contributed by atoms with Gasteiger partial charge in [0.05, 0.1) is 5.71 Å². The molecule has 0 aliphatic rings. The minimum Gasteiger partial charge on any atom is -0.508 e. The van der Waals surface area contributed by atoms with Gasteiger partial charge in [-0.15, -0.1) is 0 Å². The summed E-state index contributed by atoms with van der Waals surface area (Å²) in [6.07, 6.45) is 0. The molecular weight excluding hydrogens is 306 g/mol. The van der Waals surface area contributed by atoms with Crippen LogP contribution in [-0.2, 0) is 9.59 Å². The van der Waals surface area contributed by atoms with Crippen LogP contribution in [0.4, 0.5) is 5.69 Å². The van der Waals surface area contributed by atoms with Gasteiger partial charge in [0.15, 0.2) is 0 Å². The van der Waals surface area contributed by atoms with Crippen molar-refractivity contribution in [2.45, 2.75) is 20.8 Å². The number of benzene rings is 2. The quantitative estimate of drug-likeness (QED) is 0.460. The van der Waals surface area contributed by atoms with Gasteiger partial charge in [-0.2, -0.15) is 5.10 Å². The van der Waals surface area contributed by atoms with Crippen LogP contribution in [0.15, 0.2) is 47.6 Å². The van der Waals surface area contributed by atoms with Crippen LogP contribution >= 0.6 is 0 Å². The summed E-state index contributed by atoms with van der Waals surface area (Å²) in [5, 5.41) is 15.7. The Morgan fingerprint density at radius 3 is 2.33 bits per heavy atom. The molecule has 0 saturated carbocycles.